The van der Waals surface area contributed by atoms with Crippen molar-refractivity contribution in [2.75, 3.05) is 7.11 Å². The van der Waals surface area contributed by atoms with E-state index in [1.807, 2.05) is 0 Å². The lowest BCUT2D eigenvalue weighted by atomic mass is 10.4. The molecule has 0 N–H and O–H groups in total. The van der Waals surface area contributed by atoms with Crippen LogP contribution in [0, 0.1) is 5.92 Å². The van der Waals surface area contributed by atoms with Crippen molar-refractivity contribution in [2.45, 2.75) is 12.6 Å². The first-order chi connectivity index (χ1) is 3.75. The van der Waals surface area contributed by atoms with E-state index in [0.29, 0.717) is 6.42 Å². The second-order valence-corrected chi connectivity index (χ2v) is 1.88. The van der Waals surface area contributed by atoms with Crippen LogP contribution in [0.3, 0.4) is 0 Å². The Labute approximate surface area is 46.6 Å². The first-order valence-electron chi connectivity index (χ1n) is 2.47. The fourth-order valence-electron chi connectivity index (χ4n) is 0.559. The molecule has 0 saturated heterocycles. The molecular weight excluding hydrogens is 111 g/mol. The second-order valence-electron chi connectivity index (χ2n) is 1.88. The summed E-state index contributed by atoms with van der Waals surface area (Å²) < 4.78 is 16.2. The van der Waals surface area contributed by atoms with Crippen LogP contribution in [0.2, 0.25) is 0 Å². The quantitative estimate of drug-likeness (QED) is 0.469. The van der Waals surface area contributed by atoms with E-state index in [1.165, 1.54) is 7.11 Å². The fourth-order valence-corrected chi connectivity index (χ4v) is 0.559. The highest BCUT2D eigenvalue weighted by molar-refractivity contribution is 5.76. The summed E-state index contributed by atoms with van der Waals surface area (Å²) in [5.74, 6) is -0.863. The average molecular weight is 118 g/mol. The van der Waals surface area contributed by atoms with Crippen molar-refractivity contribution >= 4 is 5.97 Å². The van der Waals surface area contributed by atoms with Gasteiger partial charge in [-0.3, -0.25) is 4.79 Å². The van der Waals surface area contributed by atoms with Gasteiger partial charge in [0.05, 0.1) is 13.0 Å². The Hall–Kier alpha value is -0.600. The molecule has 0 heterocycles. The second kappa shape index (κ2) is 1.73. The van der Waals surface area contributed by atoms with Crippen molar-refractivity contribution in [1.29, 1.82) is 0 Å². The molecule has 46 valence electrons. The van der Waals surface area contributed by atoms with Crippen LogP contribution in [0.4, 0.5) is 4.39 Å². The number of ether oxygens (including phenoxy) is 1. The Morgan fingerprint density at radius 1 is 1.88 bits per heavy atom. The third-order valence-electron chi connectivity index (χ3n) is 1.22. The first kappa shape index (κ1) is 5.54. The molecule has 0 aromatic carbocycles. The molecule has 2 atom stereocenters. The zero-order valence-electron chi connectivity index (χ0n) is 4.56. The number of rotatable bonds is 1. The number of hydrogen-bond donors (Lipinski definition) is 0. The summed E-state index contributed by atoms with van der Waals surface area (Å²) in [6.07, 6.45) is -0.574. The van der Waals surface area contributed by atoms with Crippen LogP contribution in [0.25, 0.3) is 0 Å². The van der Waals surface area contributed by atoms with Gasteiger partial charge < -0.3 is 4.74 Å². The third-order valence-corrected chi connectivity index (χ3v) is 1.22. The van der Waals surface area contributed by atoms with Crippen LogP contribution in [-0.4, -0.2) is 19.3 Å². The van der Waals surface area contributed by atoms with Crippen molar-refractivity contribution in [1.82, 2.24) is 0 Å². The van der Waals surface area contributed by atoms with Crippen LogP contribution >= 0.6 is 0 Å². The number of methoxy groups -OCH3 is 1. The van der Waals surface area contributed by atoms with Crippen molar-refractivity contribution in [3.05, 3.63) is 0 Å². The average Bonchev–Trinajstić information content (AvgIpc) is 2.45. The van der Waals surface area contributed by atoms with E-state index in [1.54, 1.807) is 0 Å². The maximum atomic E-state index is 11.9. The molecule has 1 fully saturated rings. The highest BCUT2D eigenvalue weighted by Crippen LogP contribution is 2.34. The molecule has 0 aromatic heterocycles. The van der Waals surface area contributed by atoms with Gasteiger partial charge in [-0.05, 0) is 6.42 Å². The molecule has 1 unspecified atom stereocenters. The largest absolute Gasteiger partial charge is 0.469 e. The van der Waals surface area contributed by atoms with Crippen LogP contribution in [-0.2, 0) is 9.53 Å². The summed E-state index contributed by atoms with van der Waals surface area (Å²) in [5, 5.41) is 0. The smallest absolute Gasteiger partial charge is 0.311 e. The minimum Gasteiger partial charge on any atom is -0.469 e. The zero-order chi connectivity index (χ0) is 6.15. The van der Waals surface area contributed by atoms with E-state index in [0.717, 1.165) is 0 Å². The van der Waals surface area contributed by atoms with Crippen LogP contribution in [0.1, 0.15) is 6.42 Å². The Kier molecular flexibility index (Phi) is 1.19. The number of hydrogen-bond acceptors (Lipinski definition) is 2. The fraction of sp³-hybridized carbons (Fsp3) is 0.800. The van der Waals surface area contributed by atoms with Crippen molar-refractivity contribution in [3.63, 3.8) is 0 Å². The van der Waals surface area contributed by atoms with Crippen LogP contribution in [0.5, 0.6) is 0 Å². The number of carbonyl (C=O) groups is 1. The lowest BCUT2D eigenvalue weighted by molar-refractivity contribution is -0.142. The number of carbonyl (C=O) groups excluding carboxylic acids is 1. The van der Waals surface area contributed by atoms with E-state index in [-0.39, 0.29) is 0 Å². The predicted octanol–water partition coefficient (Wildman–Crippen LogP) is 0.517. The Morgan fingerprint density at radius 2 is 2.38 bits per heavy atom. The lowest BCUT2D eigenvalue weighted by Gasteiger charge is -1.90. The topological polar surface area (TPSA) is 26.3 Å². The minimum absolute atomic E-state index is 0.354. The van der Waals surface area contributed by atoms with E-state index in [2.05, 4.69) is 4.74 Å². The van der Waals surface area contributed by atoms with Gasteiger partial charge in [-0.15, -0.1) is 0 Å². The standard InChI is InChI=1S/C5H7FO2/c1-8-5(7)3-2-4(3)6/h3-4H,2H2,1H3/t3-,4?/m1/s1. The lowest BCUT2D eigenvalue weighted by Crippen LogP contribution is -2.03. The Balaban J connectivity index is 2.28. The van der Waals surface area contributed by atoms with Gasteiger partial charge in [0.25, 0.3) is 0 Å². The number of esters is 1. The maximum Gasteiger partial charge on any atom is 0.311 e. The number of alkyl halides is 1. The number of halogens is 1. The van der Waals surface area contributed by atoms with E-state index >= 15 is 0 Å². The summed E-state index contributed by atoms with van der Waals surface area (Å²) in [5.41, 5.74) is 0. The minimum atomic E-state index is -0.928. The molecule has 0 aromatic rings. The van der Waals surface area contributed by atoms with Crippen molar-refractivity contribution in [3.8, 4) is 0 Å². The van der Waals surface area contributed by atoms with Gasteiger partial charge in [0.15, 0.2) is 0 Å². The monoisotopic (exact) mass is 118 g/mol. The molecule has 8 heavy (non-hydrogen) atoms. The van der Waals surface area contributed by atoms with Gasteiger partial charge in [0.2, 0.25) is 0 Å². The van der Waals surface area contributed by atoms with Gasteiger partial charge in [-0.1, -0.05) is 0 Å². The summed E-state index contributed by atoms with van der Waals surface area (Å²) in [7, 11) is 1.27. The van der Waals surface area contributed by atoms with E-state index in [9.17, 15) is 9.18 Å². The molecule has 2 nitrogen and oxygen atoms in total. The normalized spacial score (nSPS) is 34.2. The Bertz CT molecular complexity index is 113. The van der Waals surface area contributed by atoms with Gasteiger partial charge in [0, 0.05) is 0 Å². The SMILES string of the molecule is COC(=O)[C@@H]1CC1F. The third kappa shape index (κ3) is 0.804. The van der Waals surface area contributed by atoms with Gasteiger partial charge in [-0.25, -0.2) is 4.39 Å². The van der Waals surface area contributed by atoms with Crippen molar-refractivity contribution in [2.24, 2.45) is 5.92 Å². The predicted molar refractivity (Wildman–Crippen MR) is 25.0 cm³/mol. The van der Waals surface area contributed by atoms with E-state index in [4.69, 9.17) is 0 Å². The molecule has 0 radical (unpaired) electrons. The molecule has 0 spiro atoms. The first-order valence-corrected chi connectivity index (χ1v) is 2.47. The molecular formula is C5H7FO2. The molecule has 3 heteroatoms. The maximum absolute atomic E-state index is 11.9. The Morgan fingerprint density at radius 3 is 2.50 bits per heavy atom. The van der Waals surface area contributed by atoms with Crippen LogP contribution < -0.4 is 0 Å². The molecule has 0 amide bonds. The summed E-state index contributed by atoms with van der Waals surface area (Å²) >= 11 is 0. The summed E-state index contributed by atoms with van der Waals surface area (Å²) in [6.45, 7) is 0. The zero-order valence-corrected chi connectivity index (χ0v) is 4.56. The summed E-state index contributed by atoms with van der Waals surface area (Å²) in [6, 6.07) is 0. The molecule has 1 rings (SSSR count). The molecule has 1 aliphatic rings. The molecule has 0 bridgehead atoms. The summed E-state index contributed by atoms with van der Waals surface area (Å²) in [4.78, 5) is 10.3. The highest BCUT2D eigenvalue weighted by atomic mass is 19.1. The van der Waals surface area contributed by atoms with Crippen molar-refractivity contribution < 1.29 is 13.9 Å². The van der Waals surface area contributed by atoms with E-state index < -0.39 is 18.1 Å². The van der Waals surface area contributed by atoms with Gasteiger partial charge in [0.1, 0.15) is 6.17 Å². The highest BCUT2D eigenvalue weighted by Gasteiger charge is 2.44. The molecule has 0 aliphatic heterocycles. The van der Waals surface area contributed by atoms with Gasteiger partial charge in [-0.2, -0.15) is 0 Å². The molecule has 1 saturated carbocycles. The van der Waals surface area contributed by atoms with Crippen LogP contribution in [0.15, 0.2) is 0 Å². The van der Waals surface area contributed by atoms with Gasteiger partial charge >= 0.3 is 5.97 Å². The molecule has 1 aliphatic carbocycles.